The van der Waals surface area contributed by atoms with Crippen molar-refractivity contribution in [2.75, 3.05) is 26.2 Å². The number of nitrogens with one attached hydrogen (secondary N) is 1. The lowest BCUT2D eigenvalue weighted by Gasteiger charge is -2.26. The highest BCUT2D eigenvalue weighted by Crippen LogP contribution is 2.47. The Hall–Kier alpha value is -1.95. The lowest BCUT2D eigenvalue weighted by atomic mass is 9.88. The van der Waals surface area contributed by atoms with Crippen LogP contribution < -0.4 is 5.32 Å². The van der Waals surface area contributed by atoms with Crippen LogP contribution in [0.15, 0.2) is 48.1 Å². The average Bonchev–Trinajstić information content (AvgIpc) is 3.32. The van der Waals surface area contributed by atoms with E-state index in [9.17, 15) is 15.0 Å². The van der Waals surface area contributed by atoms with Crippen LogP contribution in [0.3, 0.4) is 0 Å². The van der Waals surface area contributed by atoms with Gasteiger partial charge in [0, 0.05) is 25.4 Å². The number of fused-ring (bicyclic) bond motifs is 1. The summed E-state index contributed by atoms with van der Waals surface area (Å²) in [7, 11) is 0. The number of amides is 1. The third-order valence-electron chi connectivity index (χ3n) is 7.64. The van der Waals surface area contributed by atoms with Gasteiger partial charge in [0.05, 0.1) is 18.8 Å². The molecule has 1 saturated heterocycles. The normalized spacial score (nSPS) is 28.2. The molecule has 1 saturated carbocycles. The number of hydrogen-bond acceptors (Lipinski definition) is 4. The number of aryl methyl sites for hydroxylation is 1. The molecule has 33 heavy (non-hydrogen) atoms. The molecular weight excluding hydrogens is 412 g/mol. The molecule has 1 aromatic rings. The fourth-order valence-corrected chi connectivity index (χ4v) is 5.90. The van der Waals surface area contributed by atoms with Crippen molar-refractivity contribution in [3.63, 3.8) is 0 Å². The first kappa shape index (κ1) is 24.2. The number of piperidine rings is 1. The maximum absolute atomic E-state index is 12.3. The van der Waals surface area contributed by atoms with Gasteiger partial charge in [-0.2, -0.15) is 0 Å². The molecule has 0 aromatic heterocycles. The van der Waals surface area contributed by atoms with E-state index >= 15 is 0 Å². The molecule has 1 aliphatic heterocycles. The van der Waals surface area contributed by atoms with Crippen molar-refractivity contribution in [3.8, 4) is 0 Å². The predicted molar refractivity (Wildman–Crippen MR) is 132 cm³/mol. The van der Waals surface area contributed by atoms with Crippen LogP contribution in [0.2, 0.25) is 0 Å². The lowest BCUT2D eigenvalue weighted by Crippen LogP contribution is -2.41. The maximum atomic E-state index is 12.3. The minimum atomic E-state index is -0.534. The molecule has 0 unspecified atom stereocenters. The zero-order chi connectivity index (χ0) is 23.2. The standard InChI is InChI=1S/C28H40N2O3/c1-20-6-5-7-21(14-20)16-24(31)8-9-25-26-17-22(15-23(26)18-27(25)32)10-11-29-19-28(33)30-12-3-2-4-13-30/h5-9,14-15,23-27,29,31-32H,2-4,10-13,16-19H2,1H3/t23-,24-,25+,26-,27+/m0/s1. The summed E-state index contributed by atoms with van der Waals surface area (Å²) in [6, 6.07) is 8.24. The van der Waals surface area contributed by atoms with Gasteiger partial charge >= 0.3 is 0 Å². The number of allylic oxidation sites excluding steroid dienone is 1. The van der Waals surface area contributed by atoms with Gasteiger partial charge in [0.1, 0.15) is 0 Å². The molecule has 5 nitrogen and oxygen atoms in total. The van der Waals surface area contributed by atoms with E-state index in [1.807, 2.05) is 23.1 Å². The fourth-order valence-electron chi connectivity index (χ4n) is 5.90. The molecule has 180 valence electrons. The Morgan fingerprint density at radius 3 is 2.88 bits per heavy atom. The Morgan fingerprint density at radius 1 is 1.27 bits per heavy atom. The van der Waals surface area contributed by atoms with Gasteiger partial charge in [-0.3, -0.25) is 4.79 Å². The fraction of sp³-hybridized carbons (Fsp3) is 0.607. The van der Waals surface area contributed by atoms with Crippen molar-refractivity contribution in [3.05, 3.63) is 59.2 Å². The minimum absolute atomic E-state index is 0.101. The Kier molecular flexibility index (Phi) is 8.39. The minimum Gasteiger partial charge on any atom is -0.392 e. The number of hydrogen-bond donors (Lipinski definition) is 3. The second kappa shape index (κ2) is 11.5. The summed E-state index contributed by atoms with van der Waals surface area (Å²) >= 11 is 0. The number of benzene rings is 1. The van der Waals surface area contributed by atoms with Crippen LogP contribution in [0.1, 0.15) is 49.7 Å². The molecule has 1 amide bonds. The van der Waals surface area contributed by atoms with Gasteiger partial charge in [0.2, 0.25) is 5.91 Å². The van der Waals surface area contributed by atoms with E-state index < -0.39 is 6.10 Å². The number of likely N-dealkylation sites (tertiary alicyclic amines) is 1. The second-order valence-electron chi connectivity index (χ2n) is 10.3. The van der Waals surface area contributed by atoms with Crippen LogP contribution in [-0.4, -0.2) is 59.4 Å². The number of carbonyl (C=O) groups is 1. The molecular formula is C28H40N2O3. The van der Waals surface area contributed by atoms with E-state index in [0.29, 0.717) is 24.8 Å². The number of carbonyl (C=O) groups excluding carboxylic acids is 1. The summed E-state index contributed by atoms with van der Waals surface area (Å²) in [5, 5.41) is 24.4. The first-order chi connectivity index (χ1) is 16.0. The SMILES string of the molecule is Cc1cccc(C[C@@H](O)C=C[C@@H]2[C@H]3CC(CCNCC(=O)N4CCCCC4)=C[C@H]3C[C@H]2O)c1. The van der Waals surface area contributed by atoms with Crippen molar-refractivity contribution in [1.82, 2.24) is 10.2 Å². The van der Waals surface area contributed by atoms with Gasteiger partial charge in [-0.15, -0.1) is 0 Å². The molecule has 1 aromatic carbocycles. The van der Waals surface area contributed by atoms with Crippen LogP contribution >= 0.6 is 0 Å². The molecule has 2 fully saturated rings. The summed E-state index contributed by atoms with van der Waals surface area (Å²) in [5.74, 6) is 1.18. The smallest absolute Gasteiger partial charge is 0.236 e. The Balaban J connectivity index is 1.21. The largest absolute Gasteiger partial charge is 0.392 e. The Bertz CT molecular complexity index is 858. The van der Waals surface area contributed by atoms with Crippen LogP contribution in [-0.2, 0) is 11.2 Å². The number of nitrogens with zero attached hydrogens (tertiary/aromatic N) is 1. The molecule has 2 aliphatic carbocycles. The van der Waals surface area contributed by atoms with Crippen molar-refractivity contribution in [2.24, 2.45) is 17.8 Å². The molecule has 3 aliphatic rings. The van der Waals surface area contributed by atoms with E-state index in [1.165, 1.54) is 17.6 Å². The van der Waals surface area contributed by atoms with Gasteiger partial charge in [0.25, 0.3) is 0 Å². The number of rotatable bonds is 9. The van der Waals surface area contributed by atoms with E-state index in [2.05, 4.69) is 36.5 Å². The summed E-state index contributed by atoms with van der Waals surface area (Å²) in [4.78, 5) is 14.3. The summed E-state index contributed by atoms with van der Waals surface area (Å²) in [5.41, 5.74) is 3.77. The Morgan fingerprint density at radius 2 is 2.09 bits per heavy atom. The van der Waals surface area contributed by atoms with E-state index in [-0.39, 0.29) is 17.9 Å². The quantitative estimate of drug-likeness (QED) is 0.397. The molecule has 1 heterocycles. The first-order valence-corrected chi connectivity index (χ1v) is 12.8. The molecule has 5 atom stereocenters. The zero-order valence-electron chi connectivity index (χ0n) is 20.0. The van der Waals surface area contributed by atoms with Crippen molar-refractivity contribution in [2.45, 2.75) is 64.1 Å². The van der Waals surface area contributed by atoms with Gasteiger partial charge in [-0.25, -0.2) is 0 Å². The molecule has 0 spiro atoms. The maximum Gasteiger partial charge on any atom is 0.236 e. The van der Waals surface area contributed by atoms with Crippen LogP contribution in [0.25, 0.3) is 0 Å². The number of aliphatic hydroxyl groups excluding tert-OH is 2. The third-order valence-corrected chi connectivity index (χ3v) is 7.64. The lowest BCUT2D eigenvalue weighted by molar-refractivity contribution is -0.131. The van der Waals surface area contributed by atoms with Crippen molar-refractivity contribution < 1.29 is 15.0 Å². The van der Waals surface area contributed by atoms with Crippen molar-refractivity contribution >= 4 is 5.91 Å². The van der Waals surface area contributed by atoms with Gasteiger partial charge in [-0.05, 0) is 69.4 Å². The molecule has 0 bridgehead atoms. The first-order valence-electron chi connectivity index (χ1n) is 12.8. The van der Waals surface area contributed by atoms with Gasteiger partial charge in [-0.1, -0.05) is 53.6 Å². The molecule has 4 rings (SSSR count). The van der Waals surface area contributed by atoms with E-state index in [1.54, 1.807) is 0 Å². The zero-order valence-corrected chi connectivity index (χ0v) is 20.0. The van der Waals surface area contributed by atoms with E-state index in [0.717, 1.165) is 57.3 Å². The number of aliphatic hydroxyl groups is 2. The third kappa shape index (κ3) is 6.56. The topological polar surface area (TPSA) is 72.8 Å². The summed E-state index contributed by atoms with van der Waals surface area (Å²) in [6.07, 6.45) is 12.3. The van der Waals surface area contributed by atoms with Crippen LogP contribution in [0, 0.1) is 24.7 Å². The molecule has 0 radical (unpaired) electrons. The highest BCUT2D eigenvalue weighted by atomic mass is 16.3. The average molecular weight is 453 g/mol. The van der Waals surface area contributed by atoms with E-state index in [4.69, 9.17) is 0 Å². The predicted octanol–water partition coefficient (Wildman–Crippen LogP) is 3.39. The highest BCUT2D eigenvalue weighted by molar-refractivity contribution is 5.78. The van der Waals surface area contributed by atoms with Crippen LogP contribution in [0.5, 0.6) is 0 Å². The molecule has 5 heteroatoms. The van der Waals surface area contributed by atoms with Gasteiger partial charge < -0.3 is 20.4 Å². The summed E-state index contributed by atoms with van der Waals surface area (Å²) < 4.78 is 0. The second-order valence-corrected chi connectivity index (χ2v) is 10.3. The monoisotopic (exact) mass is 452 g/mol. The van der Waals surface area contributed by atoms with Crippen molar-refractivity contribution in [1.29, 1.82) is 0 Å². The molecule has 3 N–H and O–H groups in total. The highest BCUT2D eigenvalue weighted by Gasteiger charge is 2.43. The van der Waals surface area contributed by atoms with Crippen LogP contribution in [0.4, 0.5) is 0 Å². The summed E-state index contributed by atoms with van der Waals surface area (Å²) in [6.45, 7) is 5.14. The Labute approximate surface area is 198 Å². The van der Waals surface area contributed by atoms with Gasteiger partial charge in [0.15, 0.2) is 0 Å².